The summed E-state index contributed by atoms with van der Waals surface area (Å²) in [5, 5.41) is 9.07. The molecule has 27 heavy (non-hydrogen) atoms. The first-order chi connectivity index (χ1) is 12.8. The Balaban J connectivity index is 0.000000568. The normalized spacial score (nSPS) is 17.8. The fraction of sp³-hybridized carbons (Fsp3) is 0.682. The van der Waals surface area contributed by atoms with Crippen molar-refractivity contribution in [2.45, 2.75) is 65.6 Å². The zero-order valence-corrected chi connectivity index (χ0v) is 18.1. The van der Waals surface area contributed by atoms with Gasteiger partial charge in [-0.1, -0.05) is 50.6 Å². The van der Waals surface area contributed by atoms with Gasteiger partial charge in [0, 0.05) is 38.8 Å². The lowest BCUT2D eigenvalue weighted by atomic mass is 10.1. The Morgan fingerprint density at radius 2 is 1.78 bits per heavy atom. The van der Waals surface area contributed by atoms with Crippen LogP contribution in [0.2, 0.25) is 0 Å². The number of likely N-dealkylation sites (N-methyl/N-ethyl adjacent to an activating group) is 1. The molecule has 1 fully saturated rings. The summed E-state index contributed by atoms with van der Waals surface area (Å²) in [6.45, 7) is 14.8. The SMILES string of the molecule is CC(C)(C)OC=O.CCC.CN1CCN(Cc2ccccc2)CC1CCO. The fourth-order valence-electron chi connectivity index (χ4n) is 2.60. The van der Waals surface area contributed by atoms with Crippen LogP contribution in [0.25, 0.3) is 0 Å². The molecule has 1 aromatic rings. The lowest BCUT2D eigenvalue weighted by Crippen LogP contribution is -2.51. The molecular formula is C22H40N2O3. The Labute approximate surface area is 166 Å². The van der Waals surface area contributed by atoms with E-state index in [4.69, 9.17) is 5.11 Å². The molecule has 5 heteroatoms. The molecule has 1 heterocycles. The number of aliphatic hydroxyl groups is 1. The lowest BCUT2D eigenvalue weighted by Gasteiger charge is -2.39. The maximum Gasteiger partial charge on any atom is 0.293 e. The van der Waals surface area contributed by atoms with Crippen molar-refractivity contribution in [2.24, 2.45) is 0 Å². The van der Waals surface area contributed by atoms with Gasteiger partial charge in [0.05, 0.1) is 0 Å². The minimum atomic E-state index is -0.318. The van der Waals surface area contributed by atoms with Crippen molar-refractivity contribution in [1.82, 2.24) is 9.80 Å². The molecular weight excluding hydrogens is 340 g/mol. The highest BCUT2D eigenvalue weighted by Gasteiger charge is 2.23. The van der Waals surface area contributed by atoms with Crippen LogP contribution in [0.1, 0.15) is 53.0 Å². The van der Waals surface area contributed by atoms with Gasteiger partial charge in [0.15, 0.2) is 0 Å². The molecule has 0 radical (unpaired) electrons. The van der Waals surface area contributed by atoms with Gasteiger partial charge in [0.25, 0.3) is 6.47 Å². The molecule has 1 aliphatic heterocycles. The number of aliphatic hydroxyl groups excluding tert-OH is 1. The highest BCUT2D eigenvalue weighted by molar-refractivity contribution is 5.37. The van der Waals surface area contributed by atoms with Crippen molar-refractivity contribution >= 4 is 6.47 Å². The highest BCUT2D eigenvalue weighted by Crippen LogP contribution is 2.13. The van der Waals surface area contributed by atoms with E-state index in [2.05, 4.69) is 65.8 Å². The van der Waals surface area contributed by atoms with E-state index in [9.17, 15) is 4.79 Å². The number of rotatable bonds is 5. The van der Waals surface area contributed by atoms with Gasteiger partial charge in [-0.2, -0.15) is 0 Å². The summed E-state index contributed by atoms with van der Waals surface area (Å²) in [5.74, 6) is 0. The predicted octanol–water partition coefficient (Wildman–Crippen LogP) is 3.56. The van der Waals surface area contributed by atoms with Gasteiger partial charge in [0.1, 0.15) is 5.60 Å². The van der Waals surface area contributed by atoms with Gasteiger partial charge >= 0.3 is 0 Å². The number of hydrogen-bond donors (Lipinski definition) is 1. The standard InChI is InChI=1S/C14H22N2O.C5H10O2.C3H8/c1-15-8-9-16(12-14(15)7-10-17)11-13-5-3-2-4-6-13;1-5(2,3)7-4-6;1-3-2/h2-6,14,17H,7-12H2,1H3;4H,1-3H3;3H2,1-2H3. The molecule has 2 rings (SSSR count). The van der Waals surface area contributed by atoms with Gasteiger partial charge in [-0.25, -0.2) is 0 Å². The van der Waals surface area contributed by atoms with Crippen LogP contribution in [0, 0.1) is 0 Å². The fourth-order valence-corrected chi connectivity index (χ4v) is 2.60. The van der Waals surface area contributed by atoms with Gasteiger partial charge in [0.2, 0.25) is 0 Å². The van der Waals surface area contributed by atoms with Crippen LogP contribution >= 0.6 is 0 Å². The van der Waals surface area contributed by atoms with E-state index in [1.807, 2.05) is 20.8 Å². The summed E-state index contributed by atoms with van der Waals surface area (Å²) in [6.07, 6.45) is 2.13. The molecule has 0 amide bonds. The number of nitrogens with zero attached hydrogens (tertiary/aromatic N) is 2. The number of hydrogen-bond acceptors (Lipinski definition) is 5. The summed E-state index contributed by atoms with van der Waals surface area (Å²) < 4.78 is 4.55. The van der Waals surface area contributed by atoms with Gasteiger partial charge < -0.3 is 14.7 Å². The van der Waals surface area contributed by atoms with Crippen LogP contribution in [0.15, 0.2) is 30.3 Å². The molecule has 1 saturated heterocycles. The van der Waals surface area contributed by atoms with Crippen LogP contribution in [-0.2, 0) is 16.1 Å². The number of benzene rings is 1. The molecule has 1 atom stereocenters. The maximum absolute atomic E-state index is 9.60. The summed E-state index contributed by atoms with van der Waals surface area (Å²) in [4.78, 5) is 14.4. The molecule has 156 valence electrons. The Morgan fingerprint density at radius 1 is 1.19 bits per heavy atom. The Morgan fingerprint density at radius 3 is 2.22 bits per heavy atom. The average Bonchev–Trinajstić information content (AvgIpc) is 2.59. The average molecular weight is 381 g/mol. The van der Waals surface area contributed by atoms with Gasteiger partial charge in [-0.05, 0) is 39.8 Å². The van der Waals surface area contributed by atoms with Crippen molar-refractivity contribution in [3.63, 3.8) is 0 Å². The predicted molar refractivity (Wildman–Crippen MR) is 113 cm³/mol. The van der Waals surface area contributed by atoms with Crippen molar-refractivity contribution in [1.29, 1.82) is 0 Å². The topological polar surface area (TPSA) is 53.0 Å². The second-order valence-electron chi connectivity index (χ2n) is 7.90. The van der Waals surface area contributed by atoms with Crippen molar-refractivity contribution in [3.8, 4) is 0 Å². The van der Waals surface area contributed by atoms with E-state index >= 15 is 0 Å². The van der Waals surface area contributed by atoms with E-state index in [0.29, 0.717) is 12.5 Å². The smallest absolute Gasteiger partial charge is 0.293 e. The van der Waals surface area contributed by atoms with Crippen LogP contribution in [0.5, 0.6) is 0 Å². The third-order valence-corrected chi connectivity index (χ3v) is 3.97. The Kier molecular flexibility index (Phi) is 13.8. The molecule has 1 aromatic carbocycles. The summed E-state index contributed by atoms with van der Waals surface area (Å²) in [5.41, 5.74) is 1.06. The monoisotopic (exact) mass is 380 g/mol. The summed E-state index contributed by atoms with van der Waals surface area (Å²) in [6, 6.07) is 11.1. The van der Waals surface area contributed by atoms with Gasteiger partial charge in [-0.15, -0.1) is 0 Å². The molecule has 0 saturated carbocycles. The number of carbonyl (C=O) groups excluding carboxylic acids is 1. The minimum Gasteiger partial charge on any atom is -0.462 e. The summed E-state index contributed by atoms with van der Waals surface area (Å²) >= 11 is 0. The zero-order chi connectivity index (χ0) is 20.7. The third kappa shape index (κ3) is 13.4. The quantitative estimate of drug-likeness (QED) is 0.792. The molecule has 1 N–H and O–H groups in total. The molecule has 0 spiro atoms. The first-order valence-corrected chi connectivity index (χ1v) is 9.96. The number of ether oxygens (including phenoxy) is 1. The summed E-state index contributed by atoms with van der Waals surface area (Å²) in [7, 11) is 2.15. The van der Waals surface area contributed by atoms with Crippen LogP contribution in [-0.4, -0.2) is 66.3 Å². The second kappa shape index (κ2) is 14.6. The molecule has 1 aliphatic rings. The molecule has 0 aromatic heterocycles. The van der Waals surface area contributed by atoms with E-state index in [1.54, 1.807) is 0 Å². The minimum absolute atomic E-state index is 0.286. The van der Waals surface area contributed by atoms with Crippen LogP contribution in [0.3, 0.4) is 0 Å². The van der Waals surface area contributed by atoms with E-state index in [-0.39, 0.29) is 12.2 Å². The molecule has 1 unspecified atom stereocenters. The van der Waals surface area contributed by atoms with E-state index in [0.717, 1.165) is 32.6 Å². The third-order valence-electron chi connectivity index (χ3n) is 3.97. The Bertz CT molecular complexity index is 474. The second-order valence-corrected chi connectivity index (χ2v) is 7.90. The zero-order valence-electron chi connectivity index (χ0n) is 18.1. The van der Waals surface area contributed by atoms with Crippen molar-refractivity contribution in [2.75, 3.05) is 33.3 Å². The highest BCUT2D eigenvalue weighted by atomic mass is 16.5. The molecule has 0 aliphatic carbocycles. The maximum atomic E-state index is 9.60. The number of piperazine rings is 1. The Hall–Kier alpha value is -1.43. The van der Waals surface area contributed by atoms with Crippen LogP contribution < -0.4 is 0 Å². The first-order valence-electron chi connectivity index (χ1n) is 9.96. The molecule has 5 nitrogen and oxygen atoms in total. The largest absolute Gasteiger partial charge is 0.462 e. The van der Waals surface area contributed by atoms with Gasteiger partial charge in [-0.3, -0.25) is 9.69 Å². The lowest BCUT2D eigenvalue weighted by molar-refractivity contribution is -0.138. The number of carbonyl (C=O) groups is 1. The first kappa shape index (κ1) is 25.6. The van der Waals surface area contributed by atoms with Crippen molar-refractivity contribution < 1.29 is 14.6 Å². The van der Waals surface area contributed by atoms with E-state index in [1.165, 1.54) is 12.0 Å². The van der Waals surface area contributed by atoms with Crippen molar-refractivity contribution in [3.05, 3.63) is 35.9 Å². The molecule has 0 bridgehead atoms. The van der Waals surface area contributed by atoms with Crippen LogP contribution in [0.4, 0.5) is 0 Å². The van der Waals surface area contributed by atoms with E-state index < -0.39 is 0 Å².